The van der Waals surface area contributed by atoms with E-state index in [2.05, 4.69) is 66.2 Å². The van der Waals surface area contributed by atoms with Crippen molar-refractivity contribution >= 4 is 17.0 Å². The number of anilines is 1. The van der Waals surface area contributed by atoms with Crippen molar-refractivity contribution in [1.29, 1.82) is 0 Å². The average Bonchev–Trinajstić information content (AvgIpc) is 3.12. The van der Waals surface area contributed by atoms with Gasteiger partial charge in [0.15, 0.2) is 0 Å². The largest absolute Gasteiger partial charge is 0.497 e. The minimum atomic E-state index is 0.261. The van der Waals surface area contributed by atoms with Gasteiger partial charge in [0.2, 0.25) is 0 Å². The first-order valence-electron chi connectivity index (χ1n) is 7.83. The number of ether oxygens (including phenoxy) is 1. The van der Waals surface area contributed by atoms with E-state index in [9.17, 15) is 0 Å². The van der Waals surface area contributed by atoms with Gasteiger partial charge in [-0.25, -0.2) is 0 Å². The fraction of sp³-hybridized carbons (Fsp3) is 0.200. The van der Waals surface area contributed by atoms with E-state index in [0.29, 0.717) is 0 Å². The van der Waals surface area contributed by atoms with Crippen LogP contribution in [0.25, 0.3) is 0 Å². The zero-order valence-electron chi connectivity index (χ0n) is 13.5. The summed E-state index contributed by atoms with van der Waals surface area (Å²) in [6.07, 6.45) is 0. The molecule has 3 heteroatoms. The molecule has 0 spiro atoms. The van der Waals surface area contributed by atoms with Crippen LogP contribution in [0.3, 0.4) is 0 Å². The summed E-state index contributed by atoms with van der Waals surface area (Å²) in [5.74, 6) is 1.15. The molecule has 0 bridgehead atoms. The number of methoxy groups -OCH3 is 1. The Kier molecular flexibility index (Phi) is 4.99. The Hall–Kier alpha value is -2.26. The number of hydrogen-bond acceptors (Lipinski definition) is 3. The van der Waals surface area contributed by atoms with Crippen molar-refractivity contribution in [3.63, 3.8) is 0 Å². The minimum Gasteiger partial charge on any atom is -0.497 e. The summed E-state index contributed by atoms with van der Waals surface area (Å²) in [7, 11) is 1.70. The van der Waals surface area contributed by atoms with Gasteiger partial charge in [0.1, 0.15) is 5.75 Å². The van der Waals surface area contributed by atoms with E-state index >= 15 is 0 Å². The third-order valence-electron chi connectivity index (χ3n) is 3.90. The smallest absolute Gasteiger partial charge is 0.118 e. The molecule has 2 nitrogen and oxygen atoms in total. The van der Waals surface area contributed by atoms with Gasteiger partial charge >= 0.3 is 0 Å². The molecule has 3 rings (SSSR count). The molecule has 1 atom stereocenters. The first-order chi connectivity index (χ1) is 11.3. The third-order valence-corrected chi connectivity index (χ3v) is 4.84. The fourth-order valence-electron chi connectivity index (χ4n) is 2.77. The number of nitrogens with one attached hydrogen (secondary N) is 1. The first kappa shape index (κ1) is 15.6. The van der Waals surface area contributed by atoms with Crippen molar-refractivity contribution in [3.8, 4) is 5.75 Å². The molecule has 1 aromatic heterocycles. The van der Waals surface area contributed by atoms with Crippen molar-refractivity contribution in [2.75, 3.05) is 19.0 Å². The SMILES string of the molecule is CCNc1ccc(C(c2ccc(OC)cc2)c2cccs2)cc1. The molecule has 2 aromatic carbocycles. The molecule has 23 heavy (non-hydrogen) atoms. The maximum atomic E-state index is 5.28. The Morgan fingerprint density at radius 2 is 1.61 bits per heavy atom. The van der Waals surface area contributed by atoms with E-state index < -0.39 is 0 Å². The number of hydrogen-bond donors (Lipinski definition) is 1. The van der Waals surface area contributed by atoms with Crippen LogP contribution in [0.2, 0.25) is 0 Å². The van der Waals surface area contributed by atoms with Crippen LogP contribution in [-0.4, -0.2) is 13.7 Å². The second-order valence-electron chi connectivity index (χ2n) is 5.37. The highest BCUT2D eigenvalue weighted by Crippen LogP contribution is 2.35. The van der Waals surface area contributed by atoms with Crippen LogP contribution in [0.5, 0.6) is 5.75 Å². The molecule has 0 amide bonds. The summed E-state index contributed by atoms with van der Waals surface area (Å²) < 4.78 is 5.28. The Balaban J connectivity index is 1.98. The summed E-state index contributed by atoms with van der Waals surface area (Å²) in [5, 5.41) is 5.49. The molecule has 3 aromatic rings. The van der Waals surface area contributed by atoms with Crippen LogP contribution < -0.4 is 10.1 Å². The predicted molar refractivity (Wildman–Crippen MR) is 98.9 cm³/mol. The van der Waals surface area contributed by atoms with Crippen molar-refractivity contribution in [2.24, 2.45) is 0 Å². The standard InChI is InChI=1S/C20H21NOS/c1-3-21-17-10-6-15(7-11-17)20(19-5-4-14-23-19)16-8-12-18(22-2)13-9-16/h4-14,20-21H,3H2,1-2H3. The Labute approximate surface area is 141 Å². The van der Waals surface area contributed by atoms with Crippen molar-refractivity contribution in [2.45, 2.75) is 12.8 Å². The number of thiophene rings is 1. The summed E-state index contributed by atoms with van der Waals surface area (Å²) in [6, 6.07) is 21.4. The van der Waals surface area contributed by atoms with Crippen molar-refractivity contribution < 1.29 is 4.74 Å². The number of benzene rings is 2. The Bertz CT molecular complexity index is 717. The fourth-order valence-corrected chi connectivity index (χ4v) is 3.65. The van der Waals surface area contributed by atoms with Crippen molar-refractivity contribution in [1.82, 2.24) is 0 Å². The van der Waals surface area contributed by atoms with Gasteiger partial charge in [-0.3, -0.25) is 0 Å². The van der Waals surface area contributed by atoms with Gasteiger partial charge < -0.3 is 10.1 Å². The van der Waals surface area contributed by atoms with Crippen molar-refractivity contribution in [3.05, 3.63) is 82.0 Å². The molecule has 0 radical (unpaired) electrons. The summed E-state index contributed by atoms with van der Waals surface area (Å²) in [5.41, 5.74) is 3.75. The van der Waals surface area contributed by atoms with E-state index in [0.717, 1.165) is 18.0 Å². The van der Waals surface area contributed by atoms with E-state index in [1.54, 1.807) is 18.4 Å². The highest BCUT2D eigenvalue weighted by molar-refractivity contribution is 7.10. The zero-order chi connectivity index (χ0) is 16.1. The average molecular weight is 323 g/mol. The quantitative estimate of drug-likeness (QED) is 0.658. The molecule has 0 aliphatic carbocycles. The molecular weight excluding hydrogens is 302 g/mol. The second-order valence-corrected chi connectivity index (χ2v) is 6.35. The van der Waals surface area contributed by atoms with E-state index in [1.807, 2.05) is 12.1 Å². The molecule has 118 valence electrons. The Morgan fingerprint density at radius 1 is 0.957 bits per heavy atom. The van der Waals surface area contributed by atoms with E-state index in [1.165, 1.54) is 16.0 Å². The lowest BCUT2D eigenvalue weighted by atomic mass is 9.90. The van der Waals surface area contributed by atoms with Crippen LogP contribution >= 0.6 is 11.3 Å². The molecule has 0 aliphatic rings. The lowest BCUT2D eigenvalue weighted by Crippen LogP contribution is -2.02. The normalized spacial score (nSPS) is 11.9. The van der Waals surface area contributed by atoms with E-state index in [-0.39, 0.29) is 5.92 Å². The molecule has 0 fully saturated rings. The Morgan fingerprint density at radius 3 is 2.13 bits per heavy atom. The highest BCUT2D eigenvalue weighted by Gasteiger charge is 2.17. The highest BCUT2D eigenvalue weighted by atomic mass is 32.1. The van der Waals surface area contributed by atoms with Gasteiger partial charge in [-0.1, -0.05) is 30.3 Å². The molecule has 0 saturated heterocycles. The molecule has 1 N–H and O–H groups in total. The van der Waals surface area contributed by atoms with Crippen LogP contribution in [0, 0.1) is 0 Å². The lowest BCUT2D eigenvalue weighted by molar-refractivity contribution is 0.414. The molecule has 1 unspecified atom stereocenters. The molecule has 0 saturated carbocycles. The lowest BCUT2D eigenvalue weighted by Gasteiger charge is -2.18. The van der Waals surface area contributed by atoms with Gasteiger partial charge in [0.05, 0.1) is 7.11 Å². The summed E-state index contributed by atoms with van der Waals surface area (Å²) >= 11 is 1.80. The van der Waals surface area contributed by atoms with Crippen LogP contribution in [0.15, 0.2) is 66.0 Å². The first-order valence-corrected chi connectivity index (χ1v) is 8.71. The van der Waals surface area contributed by atoms with Gasteiger partial charge in [-0.15, -0.1) is 11.3 Å². The minimum absolute atomic E-state index is 0.261. The monoisotopic (exact) mass is 323 g/mol. The zero-order valence-corrected chi connectivity index (χ0v) is 14.3. The summed E-state index contributed by atoms with van der Waals surface area (Å²) in [6.45, 7) is 3.05. The van der Waals surface area contributed by atoms with Crippen LogP contribution in [0.1, 0.15) is 28.8 Å². The van der Waals surface area contributed by atoms with Crippen LogP contribution in [-0.2, 0) is 0 Å². The maximum absolute atomic E-state index is 5.28. The van der Waals surface area contributed by atoms with E-state index in [4.69, 9.17) is 4.74 Å². The molecular formula is C20H21NOS. The molecule has 1 heterocycles. The van der Waals surface area contributed by atoms with Gasteiger partial charge in [0.25, 0.3) is 0 Å². The number of rotatable bonds is 6. The summed E-state index contributed by atoms with van der Waals surface area (Å²) in [4.78, 5) is 1.35. The van der Waals surface area contributed by atoms with Crippen LogP contribution in [0.4, 0.5) is 5.69 Å². The topological polar surface area (TPSA) is 21.3 Å². The molecule has 0 aliphatic heterocycles. The third kappa shape index (κ3) is 3.57. The van der Waals surface area contributed by atoms with Gasteiger partial charge in [0, 0.05) is 23.0 Å². The maximum Gasteiger partial charge on any atom is 0.118 e. The predicted octanol–water partition coefficient (Wildman–Crippen LogP) is 5.37. The van der Waals surface area contributed by atoms with Gasteiger partial charge in [-0.2, -0.15) is 0 Å². The second kappa shape index (κ2) is 7.34. The van der Waals surface area contributed by atoms with Gasteiger partial charge in [-0.05, 0) is 53.8 Å².